The summed E-state index contributed by atoms with van der Waals surface area (Å²) in [5.41, 5.74) is 1.53. The van der Waals surface area contributed by atoms with Crippen LogP contribution >= 0.6 is 0 Å². The van der Waals surface area contributed by atoms with Gasteiger partial charge in [0.1, 0.15) is 11.9 Å². The lowest BCUT2D eigenvalue weighted by molar-refractivity contribution is 0.0745. The molecule has 2 aliphatic rings. The number of nitrogens with one attached hydrogen (secondary N) is 1. The number of nitrogens with zero attached hydrogens (tertiary/aromatic N) is 5. The summed E-state index contributed by atoms with van der Waals surface area (Å²) in [5, 5.41) is 3.24. The van der Waals surface area contributed by atoms with Crippen LogP contribution < -0.4 is 15.0 Å². The molecule has 2 aromatic heterocycles. The lowest BCUT2D eigenvalue weighted by Crippen LogP contribution is -2.49. The third kappa shape index (κ3) is 4.80. The Morgan fingerprint density at radius 3 is 2.60 bits per heavy atom. The number of pyridine rings is 1. The molecule has 1 aliphatic carbocycles. The lowest BCUT2D eigenvalue weighted by Gasteiger charge is -2.35. The Kier molecular flexibility index (Phi) is 6.30. The number of amides is 1. The highest BCUT2D eigenvalue weighted by Crippen LogP contribution is 2.23. The van der Waals surface area contributed by atoms with Crippen molar-refractivity contribution in [1.82, 2.24) is 19.9 Å². The molecule has 160 valence electrons. The molecule has 2 aromatic rings. The second-order valence-corrected chi connectivity index (χ2v) is 7.91. The largest absolute Gasteiger partial charge is 0.474 e. The number of carbonyl (C=O) groups excluding carboxylic acids is 1. The molecule has 0 aromatic carbocycles. The molecule has 1 saturated heterocycles. The van der Waals surface area contributed by atoms with E-state index in [4.69, 9.17) is 4.74 Å². The summed E-state index contributed by atoms with van der Waals surface area (Å²) in [6.07, 6.45) is 6.52. The van der Waals surface area contributed by atoms with Gasteiger partial charge in [-0.05, 0) is 45.6 Å². The van der Waals surface area contributed by atoms with Crippen molar-refractivity contribution in [1.29, 1.82) is 0 Å². The molecule has 1 amide bonds. The number of carbonyl (C=O) groups is 1. The van der Waals surface area contributed by atoms with Crippen molar-refractivity contribution in [2.75, 3.05) is 42.9 Å². The van der Waals surface area contributed by atoms with E-state index in [-0.39, 0.29) is 12.0 Å². The number of aromatic nitrogens is 3. The molecule has 1 aliphatic heterocycles. The van der Waals surface area contributed by atoms with Gasteiger partial charge in [-0.25, -0.2) is 9.97 Å². The predicted octanol–water partition coefficient (Wildman–Crippen LogP) is 2.90. The number of rotatable bonds is 6. The maximum absolute atomic E-state index is 12.9. The molecule has 1 saturated carbocycles. The summed E-state index contributed by atoms with van der Waals surface area (Å²) in [5.74, 6) is 2.17. The lowest BCUT2D eigenvalue weighted by atomic mass is 10.2. The second-order valence-electron chi connectivity index (χ2n) is 7.91. The van der Waals surface area contributed by atoms with Crippen molar-refractivity contribution in [2.24, 2.45) is 0 Å². The number of aryl methyl sites for hydroxylation is 1. The van der Waals surface area contributed by atoms with Gasteiger partial charge < -0.3 is 19.9 Å². The SMILES string of the molecule is CCNc1cc(C)nc(N2CCN(C(=O)c3ccc(OC4CCCC4)nc3)CC2)n1. The van der Waals surface area contributed by atoms with Crippen LogP contribution in [0.1, 0.15) is 48.7 Å². The van der Waals surface area contributed by atoms with Crippen LogP contribution in [0.3, 0.4) is 0 Å². The van der Waals surface area contributed by atoms with Crippen molar-refractivity contribution in [2.45, 2.75) is 45.6 Å². The maximum atomic E-state index is 12.9. The van der Waals surface area contributed by atoms with Crippen molar-refractivity contribution >= 4 is 17.7 Å². The predicted molar refractivity (Wildman–Crippen MR) is 116 cm³/mol. The van der Waals surface area contributed by atoms with E-state index in [2.05, 4.69) is 25.2 Å². The molecule has 8 nitrogen and oxygen atoms in total. The third-order valence-electron chi connectivity index (χ3n) is 5.62. The summed E-state index contributed by atoms with van der Waals surface area (Å²) < 4.78 is 5.89. The Morgan fingerprint density at radius 1 is 1.17 bits per heavy atom. The van der Waals surface area contributed by atoms with Gasteiger partial charge in [-0.15, -0.1) is 0 Å². The second kappa shape index (κ2) is 9.28. The fourth-order valence-corrected chi connectivity index (χ4v) is 4.01. The van der Waals surface area contributed by atoms with Gasteiger partial charge in [0.05, 0.1) is 5.56 Å². The summed E-state index contributed by atoms with van der Waals surface area (Å²) in [6, 6.07) is 5.57. The zero-order valence-corrected chi connectivity index (χ0v) is 17.8. The van der Waals surface area contributed by atoms with Gasteiger partial charge in [0.25, 0.3) is 5.91 Å². The van der Waals surface area contributed by atoms with Crippen LogP contribution in [-0.4, -0.2) is 64.6 Å². The summed E-state index contributed by atoms with van der Waals surface area (Å²) in [4.78, 5) is 30.4. The molecule has 2 fully saturated rings. The molecule has 3 heterocycles. The van der Waals surface area contributed by atoms with E-state index in [1.54, 1.807) is 6.20 Å². The van der Waals surface area contributed by atoms with E-state index in [1.807, 2.05) is 36.9 Å². The average molecular weight is 411 g/mol. The van der Waals surface area contributed by atoms with Gasteiger partial charge in [-0.1, -0.05) is 0 Å². The quantitative estimate of drug-likeness (QED) is 0.784. The van der Waals surface area contributed by atoms with Crippen LogP contribution in [0.15, 0.2) is 24.4 Å². The zero-order valence-electron chi connectivity index (χ0n) is 17.8. The Bertz CT molecular complexity index is 858. The molecule has 4 rings (SSSR count). The van der Waals surface area contributed by atoms with Crippen LogP contribution in [0.5, 0.6) is 5.88 Å². The van der Waals surface area contributed by atoms with E-state index in [9.17, 15) is 4.79 Å². The Balaban J connectivity index is 1.34. The number of hydrogen-bond donors (Lipinski definition) is 1. The molecule has 8 heteroatoms. The van der Waals surface area contributed by atoms with Crippen molar-refractivity contribution < 1.29 is 9.53 Å². The maximum Gasteiger partial charge on any atom is 0.255 e. The molecule has 0 spiro atoms. The highest BCUT2D eigenvalue weighted by atomic mass is 16.5. The molecule has 30 heavy (non-hydrogen) atoms. The van der Waals surface area contributed by atoms with Crippen LogP contribution in [0.25, 0.3) is 0 Å². The van der Waals surface area contributed by atoms with Crippen LogP contribution in [0.4, 0.5) is 11.8 Å². The van der Waals surface area contributed by atoms with Crippen LogP contribution in [0.2, 0.25) is 0 Å². The molecule has 0 atom stereocenters. The topological polar surface area (TPSA) is 83.5 Å². The van der Waals surface area contributed by atoms with Crippen LogP contribution in [0, 0.1) is 6.92 Å². The first-order valence-corrected chi connectivity index (χ1v) is 10.9. The van der Waals surface area contributed by atoms with Gasteiger partial charge in [0.2, 0.25) is 11.8 Å². The van der Waals surface area contributed by atoms with Gasteiger partial charge in [-0.2, -0.15) is 4.98 Å². The van der Waals surface area contributed by atoms with Gasteiger partial charge in [0, 0.05) is 56.7 Å². The number of anilines is 2. The zero-order chi connectivity index (χ0) is 20.9. The van der Waals surface area contributed by atoms with Gasteiger partial charge >= 0.3 is 0 Å². The Hall–Kier alpha value is -2.90. The van der Waals surface area contributed by atoms with E-state index in [0.717, 1.165) is 30.9 Å². The smallest absolute Gasteiger partial charge is 0.255 e. The summed E-state index contributed by atoms with van der Waals surface area (Å²) in [7, 11) is 0. The molecule has 0 bridgehead atoms. The fourth-order valence-electron chi connectivity index (χ4n) is 4.01. The Morgan fingerprint density at radius 2 is 1.93 bits per heavy atom. The van der Waals surface area contributed by atoms with E-state index < -0.39 is 0 Å². The van der Waals surface area contributed by atoms with Gasteiger partial charge in [-0.3, -0.25) is 4.79 Å². The standard InChI is InChI=1S/C22H30N6O2/c1-3-23-19-14-16(2)25-22(26-19)28-12-10-27(11-13-28)21(29)17-8-9-20(24-15-17)30-18-6-4-5-7-18/h8-9,14-15,18H,3-7,10-13H2,1-2H3,(H,23,25,26). The van der Waals surface area contributed by atoms with Crippen LogP contribution in [-0.2, 0) is 0 Å². The number of ether oxygens (including phenoxy) is 1. The third-order valence-corrected chi connectivity index (χ3v) is 5.62. The summed E-state index contributed by atoms with van der Waals surface area (Å²) >= 11 is 0. The minimum atomic E-state index is 0.00747. The molecular weight excluding hydrogens is 380 g/mol. The molecule has 0 unspecified atom stereocenters. The average Bonchev–Trinajstić information content (AvgIpc) is 3.27. The summed E-state index contributed by atoms with van der Waals surface area (Å²) in [6.45, 7) is 7.51. The number of hydrogen-bond acceptors (Lipinski definition) is 7. The van der Waals surface area contributed by atoms with Crippen molar-refractivity contribution in [3.05, 3.63) is 35.7 Å². The first kappa shape index (κ1) is 20.4. The van der Waals surface area contributed by atoms with E-state index >= 15 is 0 Å². The number of piperazine rings is 1. The molecule has 0 radical (unpaired) electrons. The Labute approximate surface area is 177 Å². The minimum absolute atomic E-state index is 0.00747. The van der Waals surface area contributed by atoms with Crippen molar-refractivity contribution in [3.8, 4) is 5.88 Å². The first-order chi connectivity index (χ1) is 14.6. The van der Waals surface area contributed by atoms with E-state index in [0.29, 0.717) is 43.6 Å². The fraction of sp³-hybridized carbons (Fsp3) is 0.545. The normalized spacial score (nSPS) is 17.3. The first-order valence-electron chi connectivity index (χ1n) is 10.9. The van der Waals surface area contributed by atoms with E-state index in [1.165, 1.54) is 12.8 Å². The highest BCUT2D eigenvalue weighted by molar-refractivity contribution is 5.94. The highest BCUT2D eigenvalue weighted by Gasteiger charge is 2.24. The molecule has 1 N–H and O–H groups in total. The molecular formula is C22H30N6O2. The van der Waals surface area contributed by atoms with Gasteiger partial charge in [0.15, 0.2) is 0 Å². The van der Waals surface area contributed by atoms with Crippen molar-refractivity contribution in [3.63, 3.8) is 0 Å². The monoisotopic (exact) mass is 410 g/mol. The minimum Gasteiger partial charge on any atom is -0.474 e.